The van der Waals surface area contributed by atoms with Gasteiger partial charge in [0, 0.05) is 6.20 Å². The van der Waals surface area contributed by atoms with Gasteiger partial charge in [-0.05, 0) is 25.3 Å². The monoisotopic (exact) mass is 209 g/mol. The predicted octanol–water partition coefficient (Wildman–Crippen LogP) is 0.881. The van der Waals surface area contributed by atoms with Gasteiger partial charge in [0.2, 0.25) is 0 Å². The SMILES string of the molecule is NCC1CCCC1n1cc(C(=O)O)cn1. The minimum Gasteiger partial charge on any atom is -0.478 e. The summed E-state index contributed by atoms with van der Waals surface area (Å²) in [6, 6.07) is 0.281. The molecule has 0 bridgehead atoms. The number of carboxylic acid groups (broad SMARTS) is 1. The highest BCUT2D eigenvalue weighted by Crippen LogP contribution is 2.34. The largest absolute Gasteiger partial charge is 0.478 e. The second-order valence-electron chi connectivity index (χ2n) is 4.01. The summed E-state index contributed by atoms with van der Waals surface area (Å²) in [5, 5.41) is 12.9. The van der Waals surface area contributed by atoms with Crippen LogP contribution >= 0.6 is 0 Å². The van der Waals surface area contributed by atoms with Crippen molar-refractivity contribution in [2.24, 2.45) is 11.7 Å². The smallest absolute Gasteiger partial charge is 0.338 e. The van der Waals surface area contributed by atoms with E-state index in [4.69, 9.17) is 10.8 Å². The van der Waals surface area contributed by atoms with E-state index in [2.05, 4.69) is 5.10 Å². The third kappa shape index (κ3) is 1.87. The molecule has 1 aromatic rings. The maximum atomic E-state index is 10.7. The quantitative estimate of drug-likeness (QED) is 0.774. The summed E-state index contributed by atoms with van der Waals surface area (Å²) >= 11 is 0. The average Bonchev–Trinajstić information content (AvgIpc) is 2.85. The van der Waals surface area contributed by atoms with Gasteiger partial charge in [-0.2, -0.15) is 5.10 Å². The zero-order valence-electron chi connectivity index (χ0n) is 8.47. The molecule has 15 heavy (non-hydrogen) atoms. The van der Waals surface area contributed by atoms with Gasteiger partial charge in [0.25, 0.3) is 0 Å². The van der Waals surface area contributed by atoms with Gasteiger partial charge in [0.05, 0.1) is 17.8 Å². The van der Waals surface area contributed by atoms with Gasteiger partial charge in [0.15, 0.2) is 0 Å². The molecule has 2 atom stereocenters. The van der Waals surface area contributed by atoms with Crippen LogP contribution in [-0.4, -0.2) is 27.4 Å². The number of carbonyl (C=O) groups is 1. The van der Waals surface area contributed by atoms with Gasteiger partial charge < -0.3 is 10.8 Å². The van der Waals surface area contributed by atoms with Gasteiger partial charge in [-0.3, -0.25) is 4.68 Å². The topological polar surface area (TPSA) is 81.1 Å². The van der Waals surface area contributed by atoms with Gasteiger partial charge in [-0.1, -0.05) is 6.42 Å². The zero-order valence-corrected chi connectivity index (χ0v) is 8.47. The highest BCUT2D eigenvalue weighted by molar-refractivity contribution is 5.86. The van der Waals surface area contributed by atoms with Crippen LogP contribution < -0.4 is 5.73 Å². The van der Waals surface area contributed by atoms with Crippen molar-refractivity contribution < 1.29 is 9.90 Å². The van der Waals surface area contributed by atoms with Crippen LogP contribution in [0.15, 0.2) is 12.4 Å². The van der Waals surface area contributed by atoms with Crippen molar-refractivity contribution in [2.45, 2.75) is 25.3 Å². The van der Waals surface area contributed by atoms with Gasteiger partial charge in [0.1, 0.15) is 0 Å². The lowest BCUT2D eigenvalue weighted by atomic mass is 10.0. The molecule has 1 aromatic heterocycles. The Bertz CT molecular complexity index is 361. The van der Waals surface area contributed by atoms with E-state index >= 15 is 0 Å². The standard InChI is InChI=1S/C10H15N3O2/c11-4-7-2-1-3-9(7)13-6-8(5-12-13)10(14)15/h5-7,9H,1-4,11H2,(H,14,15). The number of rotatable bonds is 3. The molecular formula is C10H15N3O2. The number of hydrogen-bond acceptors (Lipinski definition) is 3. The summed E-state index contributed by atoms with van der Waals surface area (Å²) in [6.07, 6.45) is 6.30. The maximum absolute atomic E-state index is 10.7. The zero-order chi connectivity index (χ0) is 10.8. The molecule has 2 unspecified atom stereocenters. The summed E-state index contributed by atoms with van der Waals surface area (Å²) in [4.78, 5) is 10.7. The Kier molecular flexibility index (Phi) is 2.73. The van der Waals surface area contributed by atoms with Crippen LogP contribution in [-0.2, 0) is 0 Å². The van der Waals surface area contributed by atoms with Crippen LogP contribution in [0.4, 0.5) is 0 Å². The summed E-state index contributed by atoms with van der Waals surface area (Å²) in [7, 11) is 0. The van der Waals surface area contributed by atoms with Crippen molar-refractivity contribution in [1.82, 2.24) is 9.78 Å². The van der Waals surface area contributed by atoms with Crippen LogP contribution in [0.1, 0.15) is 35.7 Å². The van der Waals surface area contributed by atoms with Gasteiger partial charge >= 0.3 is 5.97 Å². The van der Waals surface area contributed by atoms with Gasteiger partial charge in [-0.15, -0.1) is 0 Å². The minimum atomic E-state index is -0.927. The van der Waals surface area contributed by atoms with E-state index in [-0.39, 0.29) is 11.6 Å². The second-order valence-corrected chi connectivity index (χ2v) is 4.01. The number of nitrogens with two attached hydrogens (primary N) is 1. The Balaban J connectivity index is 2.18. The van der Waals surface area contributed by atoms with Crippen molar-refractivity contribution in [2.75, 3.05) is 6.54 Å². The van der Waals surface area contributed by atoms with Crippen molar-refractivity contribution in [3.8, 4) is 0 Å². The van der Waals surface area contributed by atoms with Crippen LogP contribution in [0, 0.1) is 5.92 Å². The highest BCUT2D eigenvalue weighted by atomic mass is 16.4. The van der Waals surface area contributed by atoms with E-state index in [1.165, 1.54) is 6.20 Å². The van der Waals surface area contributed by atoms with Crippen molar-refractivity contribution in [1.29, 1.82) is 0 Å². The third-order valence-corrected chi connectivity index (χ3v) is 3.11. The molecule has 5 nitrogen and oxygen atoms in total. The van der Waals surface area contributed by atoms with E-state index in [0.717, 1.165) is 19.3 Å². The first-order valence-electron chi connectivity index (χ1n) is 5.20. The fourth-order valence-electron chi connectivity index (χ4n) is 2.27. The molecule has 1 aliphatic carbocycles. The molecule has 2 rings (SSSR count). The molecule has 1 aliphatic rings. The molecule has 1 saturated carbocycles. The van der Waals surface area contributed by atoms with E-state index in [1.807, 2.05) is 0 Å². The molecule has 0 saturated heterocycles. The number of aromatic nitrogens is 2. The van der Waals surface area contributed by atoms with Gasteiger partial charge in [-0.25, -0.2) is 4.79 Å². The van der Waals surface area contributed by atoms with Crippen molar-refractivity contribution in [3.05, 3.63) is 18.0 Å². The summed E-state index contributed by atoms with van der Waals surface area (Å²) in [6.45, 7) is 0.646. The molecule has 5 heteroatoms. The van der Waals surface area contributed by atoms with Crippen LogP contribution in [0.2, 0.25) is 0 Å². The maximum Gasteiger partial charge on any atom is 0.338 e. The van der Waals surface area contributed by atoms with E-state index in [9.17, 15) is 4.79 Å². The predicted molar refractivity (Wildman–Crippen MR) is 54.6 cm³/mol. The Hall–Kier alpha value is -1.36. The van der Waals surface area contributed by atoms with Crippen LogP contribution in [0.5, 0.6) is 0 Å². The van der Waals surface area contributed by atoms with Crippen molar-refractivity contribution >= 4 is 5.97 Å². The lowest BCUT2D eigenvalue weighted by Crippen LogP contribution is -2.21. The van der Waals surface area contributed by atoms with Crippen LogP contribution in [0.25, 0.3) is 0 Å². The fraction of sp³-hybridized carbons (Fsp3) is 0.600. The van der Waals surface area contributed by atoms with Crippen molar-refractivity contribution in [3.63, 3.8) is 0 Å². The molecule has 0 aromatic carbocycles. The van der Waals surface area contributed by atoms with E-state index in [1.54, 1.807) is 10.9 Å². The first-order chi connectivity index (χ1) is 7.22. The number of aromatic carboxylic acids is 1. The molecular weight excluding hydrogens is 194 g/mol. The Morgan fingerprint density at radius 3 is 3.07 bits per heavy atom. The molecule has 3 N–H and O–H groups in total. The molecule has 0 amide bonds. The first-order valence-corrected chi connectivity index (χ1v) is 5.20. The Morgan fingerprint density at radius 1 is 1.67 bits per heavy atom. The number of hydrogen-bond donors (Lipinski definition) is 2. The normalized spacial score (nSPS) is 25.7. The van der Waals surface area contributed by atoms with Crippen LogP contribution in [0.3, 0.4) is 0 Å². The average molecular weight is 209 g/mol. The first kappa shape index (κ1) is 10.2. The van der Waals surface area contributed by atoms with E-state index in [0.29, 0.717) is 12.5 Å². The molecule has 0 aliphatic heterocycles. The fourth-order valence-corrected chi connectivity index (χ4v) is 2.27. The number of carboxylic acids is 1. The lowest BCUT2D eigenvalue weighted by molar-refractivity contribution is 0.0696. The minimum absolute atomic E-state index is 0.248. The van der Waals surface area contributed by atoms with E-state index < -0.39 is 5.97 Å². The lowest BCUT2D eigenvalue weighted by Gasteiger charge is -2.17. The Labute approximate surface area is 87.9 Å². The molecule has 82 valence electrons. The molecule has 1 heterocycles. The second kappa shape index (κ2) is 4.02. The Morgan fingerprint density at radius 2 is 2.47 bits per heavy atom. The molecule has 1 fully saturated rings. The summed E-state index contributed by atoms with van der Waals surface area (Å²) < 4.78 is 1.76. The summed E-state index contributed by atoms with van der Waals surface area (Å²) in [5.74, 6) is -0.491. The molecule has 0 spiro atoms. The third-order valence-electron chi connectivity index (χ3n) is 3.11. The highest BCUT2D eigenvalue weighted by Gasteiger charge is 2.28. The number of nitrogens with zero attached hydrogens (tertiary/aromatic N) is 2. The summed E-state index contributed by atoms with van der Waals surface area (Å²) in [5.41, 5.74) is 5.92. The molecule has 0 radical (unpaired) electrons.